The minimum atomic E-state index is 0.00168. The minimum absolute atomic E-state index is 0.00168. The van der Waals surface area contributed by atoms with Gasteiger partial charge in [0.05, 0.1) is 17.2 Å². The van der Waals surface area contributed by atoms with E-state index in [2.05, 4.69) is 22.4 Å². The summed E-state index contributed by atoms with van der Waals surface area (Å²) in [4.78, 5) is 27.3. The van der Waals surface area contributed by atoms with E-state index in [0.717, 1.165) is 27.2 Å². The first kappa shape index (κ1) is 19.7. The summed E-state index contributed by atoms with van der Waals surface area (Å²) in [5, 5.41) is 3.21. The maximum absolute atomic E-state index is 12.7. The molecule has 1 amide bonds. The van der Waals surface area contributed by atoms with Crippen LogP contribution in [0, 0.1) is 0 Å². The molecule has 0 spiro atoms. The second-order valence-corrected chi connectivity index (χ2v) is 8.24. The van der Waals surface area contributed by atoms with Gasteiger partial charge in [-0.3, -0.25) is 4.79 Å². The highest BCUT2D eigenvalue weighted by Gasteiger charge is 2.26. The number of aromatic nitrogens is 2. The number of hydrogen-bond acceptors (Lipinski definition) is 7. The quantitative estimate of drug-likeness (QED) is 0.472. The number of piperazine rings is 1. The van der Waals surface area contributed by atoms with Crippen molar-refractivity contribution in [3.8, 4) is 11.1 Å². The fourth-order valence-electron chi connectivity index (χ4n) is 3.91. The van der Waals surface area contributed by atoms with E-state index in [0.29, 0.717) is 44.2 Å². The van der Waals surface area contributed by atoms with Crippen LogP contribution in [0.2, 0.25) is 0 Å². The van der Waals surface area contributed by atoms with E-state index in [-0.39, 0.29) is 5.91 Å². The second kappa shape index (κ2) is 8.49. The monoisotopic (exact) mass is 434 g/mol. The molecule has 0 aliphatic carbocycles. The maximum atomic E-state index is 12.7. The highest BCUT2D eigenvalue weighted by Crippen LogP contribution is 2.38. The van der Waals surface area contributed by atoms with Gasteiger partial charge >= 0.3 is 0 Å². The Bertz CT molecular complexity index is 1180. The van der Waals surface area contributed by atoms with Gasteiger partial charge in [-0.1, -0.05) is 30.3 Å². The molecule has 0 atom stereocenters. The van der Waals surface area contributed by atoms with Crippen LogP contribution < -0.4 is 4.90 Å². The fourth-order valence-corrected chi connectivity index (χ4v) is 4.87. The zero-order valence-electron chi connectivity index (χ0n) is 17.2. The molecule has 5 rings (SSSR count). The van der Waals surface area contributed by atoms with Gasteiger partial charge in [0, 0.05) is 44.2 Å². The predicted molar refractivity (Wildman–Crippen MR) is 120 cm³/mol. The molecule has 158 valence electrons. The van der Waals surface area contributed by atoms with Crippen molar-refractivity contribution in [1.82, 2.24) is 14.9 Å². The van der Waals surface area contributed by atoms with Gasteiger partial charge in [-0.15, -0.1) is 11.3 Å². The summed E-state index contributed by atoms with van der Waals surface area (Å²) in [5.74, 6) is 1.58. The number of carbonyl (C=O) groups excluding carboxylic acids is 1. The third-order valence-electron chi connectivity index (χ3n) is 5.45. The van der Waals surface area contributed by atoms with Crippen LogP contribution in [-0.2, 0) is 11.3 Å². The fraction of sp³-hybridized carbons (Fsp3) is 0.261. The third kappa shape index (κ3) is 3.80. The Labute approximate surface area is 183 Å². The van der Waals surface area contributed by atoms with E-state index in [1.165, 1.54) is 12.5 Å². The van der Waals surface area contributed by atoms with Crippen LogP contribution in [0.5, 0.6) is 0 Å². The van der Waals surface area contributed by atoms with Crippen molar-refractivity contribution in [2.45, 2.75) is 6.61 Å². The first-order valence-electron chi connectivity index (χ1n) is 10.1. The number of amides is 1. The lowest BCUT2D eigenvalue weighted by molar-refractivity contribution is 0.0746. The Hall–Kier alpha value is -3.23. The van der Waals surface area contributed by atoms with Gasteiger partial charge in [-0.2, -0.15) is 0 Å². The molecule has 0 unspecified atom stereocenters. The van der Waals surface area contributed by atoms with E-state index in [9.17, 15) is 4.79 Å². The molecular formula is C23H22N4O3S. The molecule has 1 aromatic carbocycles. The summed E-state index contributed by atoms with van der Waals surface area (Å²) >= 11 is 1.62. The van der Waals surface area contributed by atoms with Crippen molar-refractivity contribution in [3.05, 3.63) is 65.7 Å². The zero-order valence-corrected chi connectivity index (χ0v) is 18.0. The number of methoxy groups -OCH3 is 1. The van der Waals surface area contributed by atoms with Crippen LogP contribution in [0.15, 0.2) is 58.7 Å². The van der Waals surface area contributed by atoms with Crippen molar-refractivity contribution in [3.63, 3.8) is 0 Å². The first-order chi connectivity index (χ1) is 15.2. The number of ether oxygens (including phenoxy) is 1. The highest BCUT2D eigenvalue weighted by atomic mass is 32.1. The Morgan fingerprint density at radius 2 is 1.94 bits per heavy atom. The van der Waals surface area contributed by atoms with Crippen LogP contribution in [0.3, 0.4) is 0 Å². The topological polar surface area (TPSA) is 71.7 Å². The van der Waals surface area contributed by atoms with Gasteiger partial charge in [-0.25, -0.2) is 9.97 Å². The molecule has 0 bridgehead atoms. The smallest absolute Gasteiger partial charge is 0.257 e. The Morgan fingerprint density at radius 3 is 2.65 bits per heavy atom. The number of fused-ring (bicyclic) bond motifs is 1. The molecule has 4 aromatic rings. The van der Waals surface area contributed by atoms with E-state index in [4.69, 9.17) is 19.1 Å². The van der Waals surface area contributed by atoms with Gasteiger partial charge < -0.3 is 19.0 Å². The van der Waals surface area contributed by atoms with Crippen molar-refractivity contribution in [1.29, 1.82) is 0 Å². The Morgan fingerprint density at radius 1 is 1.13 bits per heavy atom. The number of furan rings is 1. The molecule has 1 saturated heterocycles. The number of benzene rings is 1. The lowest BCUT2D eigenvalue weighted by Gasteiger charge is -2.35. The number of carbonyl (C=O) groups is 1. The number of nitrogens with zero attached hydrogens (tertiary/aromatic N) is 4. The molecule has 1 fully saturated rings. The number of rotatable bonds is 5. The first-order valence-corrected chi connectivity index (χ1v) is 11.0. The van der Waals surface area contributed by atoms with Crippen molar-refractivity contribution < 1.29 is 13.9 Å². The highest BCUT2D eigenvalue weighted by molar-refractivity contribution is 7.17. The molecule has 8 heteroatoms. The standard InChI is InChI=1S/C23H22N4O3S/c1-29-14-19-24-21(20-18(15-31-22(20)25-19)16-5-3-2-4-6-16)26-8-10-27(11-9-26)23(28)17-7-12-30-13-17/h2-7,12-13,15H,8-11,14H2,1H3. The van der Waals surface area contributed by atoms with Gasteiger partial charge in [0.15, 0.2) is 5.82 Å². The minimum Gasteiger partial charge on any atom is -0.472 e. The number of thiophene rings is 1. The van der Waals surface area contributed by atoms with Gasteiger partial charge in [0.25, 0.3) is 5.91 Å². The van der Waals surface area contributed by atoms with Gasteiger partial charge in [0.2, 0.25) is 0 Å². The van der Waals surface area contributed by atoms with Crippen molar-refractivity contribution in [2.75, 3.05) is 38.2 Å². The summed E-state index contributed by atoms with van der Waals surface area (Å²) < 4.78 is 10.4. The summed E-state index contributed by atoms with van der Waals surface area (Å²) in [5.41, 5.74) is 2.87. The average Bonchev–Trinajstić information content (AvgIpc) is 3.49. The molecule has 7 nitrogen and oxygen atoms in total. The van der Waals surface area contributed by atoms with Gasteiger partial charge in [-0.05, 0) is 11.6 Å². The number of hydrogen-bond donors (Lipinski definition) is 0. The molecule has 0 radical (unpaired) electrons. The van der Waals surface area contributed by atoms with Gasteiger partial charge in [0.1, 0.15) is 23.5 Å². The van der Waals surface area contributed by atoms with E-state index >= 15 is 0 Å². The molecule has 31 heavy (non-hydrogen) atoms. The lowest BCUT2D eigenvalue weighted by atomic mass is 10.1. The van der Waals surface area contributed by atoms with Crippen LogP contribution >= 0.6 is 11.3 Å². The van der Waals surface area contributed by atoms with Crippen LogP contribution in [0.25, 0.3) is 21.3 Å². The molecule has 1 aliphatic heterocycles. The summed E-state index contributed by atoms with van der Waals surface area (Å²) in [6.45, 7) is 3.01. The summed E-state index contributed by atoms with van der Waals surface area (Å²) in [7, 11) is 1.65. The van der Waals surface area contributed by atoms with E-state index in [1.54, 1.807) is 24.5 Å². The van der Waals surface area contributed by atoms with E-state index < -0.39 is 0 Å². The number of anilines is 1. The molecule has 1 aliphatic rings. The SMILES string of the molecule is COCc1nc(N2CCN(C(=O)c3ccoc3)CC2)c2c(-c3ccccc3)csc2n1. The maximum Gasteiger partial charge on any atom is 0.257 e. The largest absolute Gasteiger partial charge is 0.472 e. The predicted octanol–water partition coefficient (Wildman–Crippen LogP) is 4.06. The van der Waals surface area contributed by atoms with Crippen LogP contribution in [-0.4, -0.2) is 54.1 Å². The molecule has 0 saturated carbocycles. The Balaban J connectivity index is 1.48. The second-order valence-electron chi connectivity index (χ2n) is 7.38. The summed E-state index contributed by atoms with van der Waals surface area (Å²) in [6.07, 6.45) is 3.03. The zero-order chi connectivity index (χ0) is 21.2. The Kier molecular flexibility index (Phi) is 5.40. The molecular weight excluding hydrogens is 412 g/mol. The van der Waals surface area contributed by atoms with Crippen molar-refractivity contribution >= 4 is 33.3 Å². The van der Waals surface area contributed by atoms with Crippen LogP contribution in [0.4, 0.5) is 5.82 Å². The molecule has 0 N–H and O–H groups in total. The summed E-state index contributed by atoms with van der Waals surface area (Å²) in [6, 6.07) is 12.0. The third-order valence-corrected chi connectivity index (χ3v) is 6.33. The lowest BCUT2D eigenvalue weighted by Crippen LogP contribution is -2.49. The van der Waals surface area contributed by atoms with E-state index in [1.807, 2.05) is 23.1 Å². The normalized spacial score (nSPS) is 14.4. The molecule has 3 aromatic heterocycles. The van der Waals surface area contributed by atoms with Crippen molar-refractivity contribution in [2.24, 2.45) is 0 Å². The molecule has 4 heterocycles. The van der Waals surface area contributed by atoms with Crippen LogP contribution in [0.1, 0.15) is 16.2 Å². The average molecular weight is 435 g/mol.